The molecule has 0 atom stereocenters. The lowest BCUT2D eigenvalue weighted by Gasteiger charge is -1.88. The molecule has 0 aromatic carbocycles. The molecule has 0 aromatic heterocycles. The highest BCUT2D eigenvalue weighted by atomic mass is 16.5. The van der Waals surface area contributed by atoms with Crippen LogP contribution in [0.5, 0.6) is 0 Å². The van der Waals surface area contributed by atoms with E-state index < -0.39 is 0 Å². The van der Waals surface area contributed by atoms with Crippen LogP contribution in [0.1, 0.15) is 20.3 Å². The van der Waals surface area contributed by atoms with Crippen LogP contribution < -0.4 is 0 Å². The predicted octanol–water partition coefficient (Wildman–Crippen LogP) is 2.28. The molecule has 58 valence electrons. The molecule has 0 saturated heterocycles. The van der Waals surface area contributed by atoms with Crippen molar-refractivity contribution in [2.45, 2.75) is 20.3 Å². The van der Waals surface area contributed by atoms with Gasteiger partial charge in [0.15, 0.2) is 0 Å². The number of hydrogen-bond donors (Lipinski definition) is 0. The average Bonchev–Trinajstić information content (AvgIpc) is 1.90. The highest BCUT2D eigenvalue weighted by Gasteiger charge is 1.89. The van der Waals surface area contributed by atoms with Crippen molar-refractivity contribution < 1.29 is 9.53 Å². The van der Waals surface area contributed by atoms with Crippen LogP contribution in [-0.4, -0.2) is 5.97 Å². The summed E-state index contributed by atoms with van der Waals surface area (Å²) in [5.41, 5.74) is 0. The Kier molecular flexibility index (Phi) is 12.7. The molecule has 0 radical (unpaired) electrons. The molecule has 0 amide bonds. The SMILES string of the molecule is C=CC.C=COC(=O)CC. The Hall–Kier alpha value is -1.05. The molecule has 0 bridgehead atoms. The molecule has 0 aromatic rings. The van der Waals surface area contributed by atoms with E-state index in [9.17, 15) is 4.79 Å². The first kappa shape index (κ1) is 11.7. The van der Waals surface area contributed by atoms with Crippen LogP contribution in [0.3, 0.4) is 0 Å². The summed E-state index contributed by atoms with van der Waals surface area (Å²) in [6.45, 7) is 10.2. The maximum atomic E-state index is 10.1. The third-order valence-electron chi connectivity index (χ3n) is 0.503. The van der Waals surface area contributed by atoms with Gasteiger partial charge in [0, 0.05) is 6.42 Å². The largest absolute Gasteiger partial charge is 0.435 e. The fourth-order valence-corrected chi connectivity index (χ4v) is 0.176. The first-order valence-corrected chi connectivity index (χ1v) is 3.10. The third-order valence-corrected chi connectivity index (χ3v) is 0.503. The van der Waals surface area contributed by atoms with Gasteiger partial charge in [-0.3, -0.25) is 4.79 Å². The zero-order valence-electron chi connectivity index (χ0n) is 6.59. The molecule has 0 N–H and O–H groups in total. The summed E-state index contributed by atoms with van der Waals surface area (Å²) >= 11 is 0. The number of esters is 1. The van der Waals surface area contributed by atoms with E-state index in [4.69, 9.17) is 0 Å². The summed E-state index contributed by atoms with van der Waals surface area (Å²) in [6.07, 6.45) is 3.29. The van der Waals surface area contributed by atoms with Crippen LogP contribution in [0.4, 0.5) is 0 Å². The van der Waals surface area contributed by atoms with E-state index in [1.54, 1.807) is 13.0 Å². The summed E-state index contributed by atoms with van der Waals surface area (Å²) in [7, 11) is 0. The Labute approximate surface area is 62.2 Å². The van der Waals surface area contributed by atoms with Gasteiger partial charge in [-0.15, -0.1) is 6.58 Å². The van der Waals surface area contributed by atoms with Gasteiger partial charge in [-0.2, -0.15) is 0 Å². The molecule has 2 heteroatoms. The Morgan fingerprint density at radius 1 is 1.60 bits per heavy atom. The highest BCUT2D eigenvalue weighted by molar-refractivity contribution is 5.69. The number of ether oxygens (including phenoxy) is 1. The predicted molar refractivity (Wildman–Crippen MR) is 42.5 cm³/mol. The first-order valence-electron chi connectivity index (χ1n) is 3.10. The minimum absolute atomic E-state index is 0.241. The molecule has 0 aliphatic rings. The van der Waals surface area contributed by atoms with E-state index in [1.165, 1.54) is 0 Å². The molecule has 0 fully saturated rings. The summed E-state index contributed by atoms with van der Waals surface area (Å²) in [6, 6.07) is 0. The van der Waals surface area contributed by atoms with Crippen molar-refractivity contribution in [3.05, 3.63) is 25.5 Å². The van der Waals surface area contributed by atoms with Crippen molar-refractivity contribution in [2.75, 3.05) is 0 Å². The Morgan fingerprint density at radius 3 is 2.10 bits per heavy atom. The smallest absolute Gasteiger partial charge is 0.310 e. The first-order chi connectivity index (χ1) is 4.72. The van der Waals surface area contributed by atoms with Crippen LogP contribution in [0.2, 0.25) is 0 Å². The second-order valence-electron chi connectivity index (χ2n) is 1.42. The quantitative estimate of drug-likeness (QED) is 0.336. The number of hydrogen-bond acceptors (Lipinski definition) is 2. The highest BCUT2D eigenvalue weighted by Crippen LogP contribution is 1.81. The molecule has 0 rings (SSSR count). The number of allylic oxidation sites excluding steroid dienone is 1. The second kappa shape index (κ2) is 10.8. The van der Waals surface area contributed by atoms with Crippen molar-refractivity contribution in [3.8, 4) is 0 Å². The van der Waals surface area contributed by atoms with Crippen molar-refractivity contribution in [1.82, 2.24) is 0 Å². The lowest BCUT2D eigenvalue weighted by Crippen LogP contribution is -1.94. The van der Waals surface area contributed by atoms with Gasteiger partial charge in [-0.05, 0) is 6.92 Å². The lowest BCUT2D eigenvalue weighted by atomic mass is 10.5. The molecule has 2 nitrogen and oxygen atoms in total. The van der Waals surface area contributed by atoms with Crippen LogP contribution in [0, 0.1) is 0 Å². The van der Waals surface area contributed by atoms with Gasteiger partial charge in [0.1, 0.15) is 0 Å². The van der Waals surface area contributed by atoms with E-state index in [0.29, 0.717) is 6.42 Å². The topological polar surface area (TPSA) is 26.3 Å². The van der Waals surface area contributed by atoms with Gasteiger partial charge >= 0.3 is 5.97 Å². The maximum Gasteiger partial charge on any atom is 0.310 e. The number of rotatable bonds is 2. The molecular weight excluding hydrogens is 128 g/mol. The molecule has 10 heavy (non-hydrogen) atoms. The monoisotopic (exact) mass is 142 g/mol. The third kappa shape index (κ3) is 15.8. The summed E-state index contributed by atoms with van der Waals surface area (Å²) in [4.78, 5) is 10.1. The minimum atomic E-state index is -0.241. The minimum Gasteiger partial charge on any atom is -0.435 e. The van der Waals surface area contributed by atoms with Gasteiger partial charge in [0.2, 0.25) is 0 Å². The molecule has 0 heterocycles. The molecule has 0 spiro atoms. The van der Waals surface area contributed by atoms with E-state index >= 15 is 0 Å². The fourth-order valence-electron chi connectivity index (χ4n) is 0.176. The Bertz CT molecular complexity index is 106. The lowest BCUT2D eigenvalue weighted by molar-refractivity contribution is -0.137. The van der Waals surface area contributed by atoms with Crippen LogP contribution >= 0.6 is 0 Å². The Morgan fingerprint density at radius 2 is 2.00 bits per heavy atom. The molecule has 0 aliphatic heterocycles. The van der Waals surface area contributed by atoms with E-state index in [2.05, 4.69) is 17.9 Å². The van der Waals surface area contributed by atoms with Crippen LogP contribution in [0.15, 0.2) is 25.5 Å². The fraction of sp³-hybridized carbons (Fsp3) is 0.375. The van der Waals surface area contributed by atoms with Gasteiger partial charge in [0.25, 0.3) is 0 Å². The molecule has 0 saturated carbocycles. The van der Waals surface area contributed by atoms with Crippen molar-refractivity contribution in [2.24, 2.45) is 0 Å². The zero-order valence-corrected chi connectivity index (χ0v) is 6.59. The van der Waals surface area contributed by atoms with E-state index in [1.807, 2.05) is 6.92 Å². The average molecular weight is 142 g/mol. The van der Waals surface area contributed by atoms with Gasteiger partial charge in [-0.25, -0.2) is 0 Å². The normalized spacial score (nSPS) is 6.60. The van der Waals surface area contributed by atoms with Crippen molar-refractivity contribution in [1.29, 1.82) is 0 Å². The van der Waals surface area contributed by atoms with Crippen molar-refractivity contribution in [3.63, 3.8) is 0 Å². The van der Waals surface area contributed by atoms with E-state index in [-0.39, 0.29) is 5.97 Å². The number of carbonyl (C=O) groups excluding carboxylic acids is 1. The summed E-state index contributed by atoms with van der Waals surface area (Å²) < 4.78 is 4.32. The standard InChI is InChI=1S/C5H8O2.C3H6/c1-3-5(6)7-4-2;1-3-2/h4H,2-3H2,1H3;3H,1H2,2H3. The van der Waals surface area contributed by atoms with Gasteiger partial charge in [0.05, 0.1) is 6.26 Å². The maximum absolute atomic E-state index is 10.1. The summed E-state index contributed by atoms with van der Waals surface area (Å²) in [5.74, 6) is -0.241. The molecular formula is C8H14O2. The van der Waals surface area contributed by atoms with Crippen LogP contribution in [0.25, 0.3) is 0 Å². The second-order valence-corrected chi connectivity index (χ2v) is 1.42. The zero-order chi connectivity index (χ0) is 8.41. The van der Waals surface area contributed by atoms with E-state index in [0.717, 1.165) is 6.26 Å². The van der Waals surface area contributed by atoms with Crippen molar-refractivity contribution >= 4 is 5.97 Å². The molecule has 0 aliphatic carbocycles. The summed E-state index contributed by atoms with van der Waals surface area (Å²) in [5, 5.41) is 0. The Balaban J connectivity index is 0. The van der Waals surface area contributed by atoms with Gasteiger partial charge in [-0.1, -0.05) is 19.6 Å². The number of carbonyl (C=O) groups is 1. The van der Waals surface area contributed by atoms with Gasteiger partial charge < -0.3 is 4.74 Å². The van der Waals surface area contributed by atoms with Crippen LogP contribution in [-0.2, 0) is 9.53 Å². The molecule has 0 unspecified atom stereocenters.